The van der Waals surface area contributed by atoms with Gasteiger partial charge < -0.3 is 15.2 Å². The van der Waals surface area contributed by atoms with Crippen molar-refractivity contribution in [3.8, 4) is 11.5 Å². The fourth-order valence-electron chi connectivity index (χ4n) is 1.76. The Morgan fingerprint density at radius 1 is 1.43 bits per heavy atom. The van der Waals surface area contributed by atoms with Crippen LogP contribution in [0, 0.1) is 6.92 Å². The van der Waals surface area contributed by atoms with Gasteiger partial charge in [0.1, 0.15) is 6.61 Å². The van der Waals surface area contributed by atoms with Crippen LogP contribution in [0.3, 0.4) is 0 Å². The molecule has 2 aromatic rings. The van der Waals surface area contributed by atoms with E-state index < -0.39 is 0 Å². The molecule has 0 atom stereocenters. The van der Waals surface area contributed by atoms with Crippen molar-refractivity contribution in [3.05, 3.63) is 48.3 Å². The first-order valence-electron chi connectivity index (χ1n) is 6.41. The summed E-state index contributed by atoms with van der Waals surface area (Å²) < 4.78 is 12.3. The molecule has 21 heavy (non-hydrogen) atoms. The molecule has 110 valence electrons. The summed E-state index contributed by atoms with van der Waals surface area (Å²) in [7, 11) is 1.59. The van der Waals surface area contributed by atoms with E-state index in [-0.39, 0.29) is 0 Å². The molecule has 0 aliphatic carbocycles. The minimum Gasteiger partial charge on any atom is -0.493 e. The van der Waals surface area contributed by atoms with Crippen LogP contribution in [-0.2, 0) is 0 Å². The number of methoxy groups -OCH3 is 1. The number of aromatic nitrogens is 2. The van der Waals surface area contributed by atoms with Gasteiger partial charge >= 0.3 is 0 Å². The van der Waals surface area contributed by atoms with Crippen LogP contribution >= 0.6 is 0 Å². The van der Waals surface area contributed by atoms with Crippen LogP contribution in [0.1, 0.15) is 11.3 Å². The molecule has 0 aliphatic rings. The maximum Gasteiger partial charge on any atom is 0.221 e. The number of nitrogens with zero attached hydrogens (tertiary/aromatic N) is 3. The molecular formula is C15H18N4O2. The SMILES string of the molecule is C=CCOc1ccc(C=Nn2cc(C)nc2N)cc1OC. The Labute approximate surface area is 123 Å². The molecule has 0 spiro atoms. The normalized spacial score (nSPS) is 10.8. The number of aryl methyl sites for hydroxylation is 1. The molecule has 6 nitrogen and oxygen atoms in total. The third-order valence-electron chi connectivity index (χ3n) is 2.71. The van der Waals surface area contributed by atoms with Crippen LogP contribution in [0.2, 0.25) is 0 Å². The molecule has 0 fully saturated rings. The van der Waals surface area contributed by atoms with Gasteiger partial charge in [-0.05, 0) is 30.7 Å². The van der Waals surface area contributed by atoms with Crippen LogP contribution in [0.15, 0.2) is 42.2 Å². The van der Waals surface area contributed by atoms with E-state index in [0.717, 1.165) is 11.3 Å². The van der Waals surface area contributed by atoms with E-state index in [4.69, 9.17) is 15.2 Å². The molecule has 0 saturated heterocycles. The van der Waals surface area contributed by atoms with Gasteiger partial charge in [0.2, 0.25) is 5.95 Å². The lowest BCUT2D eigenvalue weighted by atomic mass is 10.2. The third kappa shape index (κ3) is 3.62. The Kier molecular flexibility index (Phi) is 4.61. The fraction of sp³-hybridized carbons (Fsp3) is 0.200. The minimum absolute atomic E-state index is 0.349. The number of imidazole rings is 1. The number of hydrogen-bond acceptors (Lipinski definition) is 5. The van der Waals surface area contributed by atoms with E-state index in [9.17, 15) is 0 Å². The highest BCUT2D eigenvalue weighted by Crippen LogP contribution is 2.27. The lowest BCUT2D eigenvalue weighted by Gasteiger charge is -2.09. The molecule has 6 heteroatoms. The Bertz CT molecular complexity index is 662. The summed E-state index contributed by atoms with van der Waals surface area (Å²) in [5.74, 6) is 1.64. The van der Waals surface area contributed by atoms with Gasteiger partial charge in [0, 0.05) is 0 Å². The van der Waals surface area contributed by atoms with Crippen molar-refractivity contribution in [2.45, 2.75) is 6.92 Å². The average Bonchev–Trinajstić information content (AvgIpc) is 2.81. The number of nitrogens with two attached hydrogens (primary N) is 1. The molecule has 0 amide bonds. The van der Waals surface area contributed by atoms with Crippen LogP contribution in [-0.4, -0.2) is 29.6 Å². The molecule has 0 radical (unpaired) electrons. The first kappa shape index (κ1) is 14.6. The second-order valence-electron chi connectivity index (χ2n) is 4.34. The van der Waals surface area contributed by atoms with Crippen molar-refractivity contribution >= 4 is 12.2 Å². The second kappa shape index (κ2) is 6.60. The molecule has 0 aliphatic heterocycles. The molecule has 0 saturated carbocycles. The van der Waals surface area contributed by atoms with Gasteiger partial charge in [-0.25, -0.2) is 9.66 Å². The summed E-state index contributed by atoms with van der Waals surface area (Å²) in [4.78, 5) is 4.08. The number of benzene rings is 1. The lowest BCUT2D eigenvalue weighted by Crippen LogP contribution is -1.98. The van der Waals surface area contributed by atoms with E-state index in [1.54, 1.807) is 25.6 Å². The maximum absolute atomic E-state index is 5.72. The largest absolute Gasteiger partial charge is 0.493 e. The van der Waals surface area contributed by atoms with Crippen molar-refractivity contribution in [2.75, 3.05) is 19.5 Å². The van der Waals surface area contributed by atoms with Crippen LogP contribution in [0.25, 0.3) is 0 Å². The summed E-state index contributed by atoms with van der Waals surface area (Å²) in [6.45, 7) is 5.90. The summed E-state index contributed by atoms with van der Waals surface area (Å²) in [5.41, 5.74) is 7.40. The molecule has 2 N–H and O–H groups in total. The zero-order chi connectivity index (χ0) is 15.2. The highest BCUT2D eigenvalue weighted by molar-refractivity contribution is 5.81. The summed E-state index contributed by atoms with van der Waals surface area (Å²) in [6, 6.07) is 5.54. The monoisotopic (exact) mass is 286 g/mol. The van der Waals surface area contributed by atoms with Gasteiger partial charge in [-0.3, -0.25) is 0 Å². The van der Waals surface area contributed by atoms with Gasteiger partial charge in [-0.15, -0.1) is 0 Å². The number of nitrogen functional groups attached to an aromatic ring is 1. The fourth-order valence-corrected chi connectivity index (χ4v) is 1.76. The molecule has 1 aromatic heterocycles. The van der Waals surface area contributed by atoms with E-state index in [1.165, 1.54) is 4.68 Å². The molecule has 1 heterocycles. The average molecular weight is 286 g/mol. The van der Waals surface area contributed by atoms with Crippen molar-refractivity contribution in [1.29, 1.82) is 0 Å². The Hall–Kier alpha value is -2.76. The van der Waals surface area contributed by atoms with Crippen molar-refractivity contribution in [3.63, 3.8) is 0 Å². The molecule has 2 rings (SSSR count). The Balaban J connectivity index is 2.20. The third-order valence-corrected chi connectivity index (χ3v) is 2.71. The smallest absolute Gasteiger partial charge is 0.221 e. The highest BCUT2D eigenvalue weighted by Gasteiger charge is 2.04. The van der Waals surface area contributed by atoms with Gasteiger partial charge in [-0.2, -0.15) is 5.10 Å². The topological polar surface area (TPSA) is 74.7 Å². The zero-order valence-electron chi connectivity index (χ0n) is 12.1. The van der Waals surface area contributed by atoms with Gasteiger partial charge in [0.05, 0.1) is 25.2 Å². The second-order valence-corrected chi connectivity index (χ2v) is 4.34. The Morgan fingerprint density at radius 3 is 2.86 bits per heavy atom. The predicted octanol–water partition coefficient (Wildman–Crippen LogP) is 2.23. The number of anilines is 1. The lowest BCUT2D eigenvalue weighted by molar-refractivity contribution is 0.326. The summed E-state index contributed by atoms with van der Waals surface area (Å²) >= 11 is 0. The number of rotatable bonds is 6. The van der Waals surface area contributed by atoms with Gasteiger partial charge in [0.25, 0.3) is 0 Å². The predicted molar refractivity (Wildman–Crippen MR) is 83.1 cm³/mol. The number of ether oxygens (including phenoxy) is 2. The quantitative estimate of drug-likeness (QED) is 0.652. The van der Waals surface area contributed by atoms with E-state index >= 15 is 0 Å². The number of hydrogen-bond donors (Lipinski definition) is 1. The Morgan fingerprint density at radius 2 is 2.24 bits per heavy atom. The minimum atomic E-state index is 0.349. The van der Waals surface area contributed by atoms with Crippen LogP contribution in [0.4, 0.5) is 5.95 Å². The molecule has 0 bridgehead atoms. The zero-order valence-corrected chi connectivity index (χ0v) is 12.1. The van der Waals surface area contributed by atoms with E-state index in [0.29, 0.717) is 24.1 Å². The maximum atomic E-state index is 5.72. The molecule has 0 unspecified atom stereocenters. The van der Waals surface area contributed by atoms with Crippen molar-refractivity contribution < 1.29 is 9.47 Å². The first-order valence-corrected chi connectivity index (χ1v) is 6.41. The highest BCUT2D eigenvalue weighted by atomic mass is 16.5. The standard InChI is InChI=1S/C15H18N4O2/c1-4-7-21-13-6-5-12(8-14(13)20-3)9-17-19-10-11(2)18-15(19)16/h4-6,8-10H,1,7H2,2-3H3,(H2,16,18). The molecular weight excluding hydrogens is 268 g/mol. The van der Waals surface area contributed by atoms with E-state index in [1.807, 2.05) is 25.1 Å². The van der Waals surface area contributed by atoms with Crippen molar-refractivity contribution in [1.82, 2.24) is 9.66 Å². The van der Waals surface area contributed by atoms with Gasteiger partial charge in [-0.1, -0.05) is 12.7 Å². The summed E-state index contributed by atoms with van der Waals surface area (Å²) in [6.07, 6.45) is 5.11. The first-order chi connectivity index (χ1) is 10.1. The van der Waals surface area contributed by atoms with Gasteiger partial charge in [0.15, 0.2) is 11.5 Å². The van der Waals surface area contributed by atoms with Crippen LogP contribution in [0.5, 0.6) is 11.5 Å². The van der Waals surface area contributed by atoms with Crippen molar-refractivity contribution in [2.24, 2.45) is 5.10 Å². The van der Waals surface area contributed by atoms with E-state index in [2.05, 4.69) is 16.7 Å². The van der Waals surface area contributed by atoms with Crippen LogP contribution < -0.4 is 15.2 Å². The molecule has 1 aromatic carbocycles. The summed E-state index contributed by atoms with van der Waals surface area (Å²) in [5, 5.41) is 4.26.